The Morgan fingerprint density at radius 2 is 1.75 bits per heavy atom. The van der Waals surface area contributed by atoms with Crippen LogP contribution in [0.4, 0.5) is 0 Å². The standard InChI is InChI=1S/C10H11N2/c1-7-9-5-3-4-6-10(9)8(2)12-11-7/h3-6,11H,1-2H3. The van der Waals surface area contributed by atoms with Crippen LogP contribution in [-0.4, -0.2) is 5.71 Å². The summed E-state index contributed by atoms with van der Waals surface area (Å²) in [4.78, 5) is 0. The summed E-state index contributed by atoms with van der Waals surface area (Å²) in [6.45, 7) is 4.05. The molecule has 0 bridgehead atoms. The lowest BCUT2D eigenvalue weighted by atomic mass is 9.98. The van der Waals surface area contributed by atoms with Crippen LogP contribution in [0.15, 0.2) is 29.4 Å². The average Bonchev–Trinajstić information content (AvgIpc) is 2.12. The molecule has 1 aliphatic heterocycles. The zero-order valence-electron chi connectivity index (χ0n) is 7.26. The van der Waals surface area contributed by atoms with E-state index in [1.807, 2.05) is 26.0 Å². The molecule has 1 aromatic carbocycles. The van der Waals surface area contributed by atoms with Crippen molar-refractivity contribution in [1.82, 2.24) is 5.43 Å². The molecule has 61 valence electrons. The number of fused-ring (bicyclic) bond motifs is 1. The van der Waals surface area contributed by atoms with Crippen molar-refractivity contribution in [2.24, 2.45) is 5.10 Å². The lowest BCUT2D eigenvalue weighted by molar-refractivity contribution is 0.772. The van der Waals surface area contributed by atoms with E-state index in [9.17, 15) is 0 Å². The van der Waals surface area contributed by atoms with Gasteiger partial charge in [0.05, 0.1) is 5.71 Å². The molecule has 2 nitrogen and oxygen atoms in total. The van der Waals surface area contributed by atoms with Gasteiger partial charge in [0.15, 0.2) is 0 Å². The summed E-state index contributed by atoms with van der Waals surface area (Å²) >= 11 is 0. The molecule has 1 radical (unpaired) electrons. The van der Waals surface area contributed by atoms with Crippen molar-refractivity contribution in [3.63, 3.8) is 0 Å². The molecule has 0 saturated carbocycles. The molecule has 1 aromatic rings. The van der Waals surface area contributed by atoms with Crippen LogP contribution in [0.5, 0.6) is 0 Å². The topological polar surface area (TPSA) is 24.4 Å². The summed E-state index contributed by atoms with van der Waals surface area (Å²) in [6, 6.07) is 9.41. The second-order valence-corrected chi connectivity index (χ2v) is 2.98. The molecule has 0 amide bonds. The Balaban J connectivity index is 2.58. The van der Waals surface area contributed by atoms with Crippen molar-refractivity contribution in [3.8, 4) is 0 Å². The summed E-state index contributed by atoms with van der Waals surface area (Å²) in [6.07, 6.45) is 0. The Bertz CT molecular complexity index is 328. The zero-order chi connectivity index (χ0) is 8.55. The number of hydrogen-bond acceptors (Lipinski definition) is 2. The molecule has 2 heteroatoms. The SMILES string of the molecule is C[C]1NN=C(C)c2ccccc21. The van der Waals surface area contributed by atoms with Crippen molar-refractivity contribution in [3.05, 3.63) is 41.4 Å². The number of rotatable bonds is 0. The molecular weight excluding hydrogens is 148 g/mol. The van der Waals surface area contributed by atoms with E-state index in [1.165, 1.54) is 11.1 Å². The first-order valence-corrected chi connectivity index (χ1v) is 4.02. The predicted octanol–water partition coefficient (Wildman–Crippen LogP) is 1.91. The molecule has 1 heterocycles. The molecular formula is C10H11N2. The van der Waals surface area contributed by atoms with Crippen LogP contribution in [0.2, 0.25) is 0 Å². The Labute approximate surface area is 72.3 Å². The first-order valence-electron chi connectivity index (χ1n) is 4.02. The van der Waals surface area contributed by atoms with Gasteiger partial charge in [0, 0.05) is 5.56 Å². The molecule has 2 rings (SSSR count). The van der Waals surface area contributed by atoms with Crippen molar-refractivity contribution < 1.29 is 0 Å². The van der Waals surface area contributed by atoms with Crippen molar-refractivity contribution >= 4 is 5.71 Å². The van der Waals surface area contributed by atoms with Crippen LogP contribution in [0, 0.1) is 6.04 Å². The maximum Gasteiger partial charge on any atom is 0.106 e. The molecule has 0 aliphatic carbocycles. The van der Waals surface area contributed by atoms with Gasteiger partial charge in [0.25, 0.3) is 0 Å². The maximum atomic E-state index is 4.18. The minimum Gasteiger partial charge on any atom is -0.297 e. The quantitative estimate of drug-likeness (QED) is 0.614. The van der Waals surface area contributed by atoms with Gasteiger partial charge in [-0.05, 0) is 19.4 Å². The van der Waals surface area contributed by atoms with Gasteiger partial charge in [-0.1, -0.05) is 24.3 Å². The van der Waals surface area contributed by atoms with Gasteiger partial charge in [-0.15, -0.1) is 0 Å². The molecule has 12 heavy (non-hydrogen) atoms. The van der Waals surface area contributed by atoms with E-state index < -0.39 is 0 Å². The number of hydrazone groups is 1. The summed E-state index contributed by atoms with van der Waals surface area (Å²) in [5, 5.41) is 4.18. The van der Waals surface area contributed by atoms with Gasteiger partial charge in [0.2, 0.25) is 0 Å². The summed E-state index contributed by atoms with van der Waals surface area (Å²) in [5.74, 6) is 0. The van der Waals surface area contributed by atoms with Gasteiger partial charge >= 0.3 is 0 Å². The van der Waals surface area contributed by atoms with Gasteiger partial charge < -0.3 is 0 Å². The number of benzene rings is 1. The van der Waals surface area contributed by atoms with Gasteiger partial charge in [-0.2, -0.15) is 5.10 Å². The monoisotopic (exact) mass is 159 g/mol. The van der Waals surface area contributed by atoms with Crippen LogP contribution in [0.25, 0.3) is 0 Å². The summed E-state index contributed by atoms with van der Waals surface area (Å²) in [7, 11) is 0. The number of nitrogens with one attached hydrogen (secondary N) is 1. The third-order valence-corrected chi connectivity index (χ3v) is 2.11. The minimum absolute atomic E-state index is 1.05. The number of nitrogens with zero attached hydrogens (tertiary/aromatic N) is 1. The molecule has 0 unspecified atom stereocenters. The van der Waals surface area contributed by atoms with E-state index in [1.54, 1.807) is 0 Å². The Morgan fingerprint density at radius 3 is 2.42 bits per heavy atom. The highest BCUT2D eigenvalue weighted by Gasteiger charge is 2.15. The Hall–Kier alpha value is -1.31. The lowest BCUT2D eigenvalue weighted by Gasteiger charge is -2.20. The molecule has 1 aliphatic rings. The highest BCUT2D eigenvalue weighted by Crippen LogP contribution is 2.20. The second-order valence-electron chi connectivity index (χ2n) is 2.98. The van der Waals surface area contributed by atoms with Crippen LogP contribution in [0.1, 0.15) is 25.0 Å². The third kappa shape index (κ3) is 0.998. The van der Waals surface area contributed by atoms with Gasteiger partial charge in [-0.3, -0.25) is 5.43 Å². The van der Waals surface area contributed by atoms with E-state index in [-0.39, 0.29) is 0 Å². The normalized spacial score (nSPS) is 16.3. The Morgan fingerprint density at radius 1 is 1.08 bits per heavy atom. The van der Waals surface area contributed by atoms with Crippen LogP contribution < -0.4 is 5.43 Å². The fourth-order valence-electron chi connectivity index (χ4n) is 1.41. The highest BCUT2D eigenvalue weighted by atomic mass is 15.3. The molecule has 0 fully saturated rings. The molecule has 1 N–H and O–H groups in total. The van der Waals surface area contributed by atoms with E-state index in [0.29, 0.717) is 0 Å². The van der Waals surface area contributed by atoms with Crippen LogP contribution in [0.3, 0.4) is 0 Å². The number of hydrogen-bond donors (Lipinski definition) is 1. The third-order valence-electron chi connectivity index (χ3n) is 2.11. The summed E-state index contributed by atoms with van der Waals surface area (Å²) < 4.78 is 0. The van der Waals surface area contributed by atoms with Crippen molar-refractivity contribution in [2.45, 2.75) is 13.8 Å². The van der Waals surface area contributed by atoms with E-state index in [2.05, 4.69) is 22.7 Å². The fourth-order valence-corrected chi connectivity index (χ4v) is 1.41. The fraction of sp³-hybridized carbons (Fsp3) is 0.200. The van der Waals surface area contributed by atoms with Crippen LogP contribution >= 0.6 is 0 Å². The molecule has 0 spiro atoms. The minimum atomic E-state index is 1.05. The van der Waals surface area contributed by atoms with Crippen molar-refractivity contribution in [1.29, 1.82) is 0 Å². The van der Waals surface area contributed by atoms with E-state index >= 15 is 0 Å². The largest absolute Gasteiger partial charge is 0.297 e. The first-order chi connectivity index (χ1) is 5.79. The Kier molecular flexibility index (Phi) is 1.61. The maximum absolute atomic E-state index is 4.18. The molecule has 0 saturated heterocycles. The van der Waals surface area contributed by atoms with E-state index in [4.69, 9.17) is 0 Å². The van der Waals surface area contributed by atoms with E-state index in [0.717, 1.165) is 11.8 Å². The molecule has 0 aromatic heterocycles. The van der Waals surface area contributed by atoms with Gasteiger partial charge in [0.1, 0.15) is 6.04 Å². The lowest BCUT2D eigenvalue weighted by Crippen LogP contribution is -2.23. The zero-order valence-corrected chi connectivity index (χ0v) is 7.26. The first kappa shape index (κ1) is 7.35. The average molecular weight is 159 g/mol. The van der Waals surface area contributed by atoms with Crippen LogP contribution in [-0.2, 0) is 0 Å². The highest BCUT2D eigenvalue weighted by molar-refractivity contribution is 6.01. The second kappa shape index (κ2) is 2.63. The summed E-state index contributed by atoms with van der Waals surface area (Å²) in [5.41, 5.74) is 6.53. The van der Waals surface area contributed by atoms with Crippen molar-refractivity contribution in [2.75, 3.05) is 0 Å². The van der Waals surface area contributed by atoms with Gasteiger partial charge in [-0.25, -0.2) is 0 Å². The molecule has 0 atom stereocenters. The predicted molar refractivity (Wildman–Crippen MR) is 49.8 cm³/mol. The smallest absolute Gasteiger partial charge is 0.106 e.